The molecule has 1 aromatic rings. The lowest BCUT2D eigenvalue weighted by Crippen LogP contribution is -2.40. The Bertz CT molecular complexity index is 427. The van der Waals surface area contributed by atoms with E-state index in [9.17, 15) is 9.18 Å². The summed E-state index contributed by atoms with van der Waals surface area (Å²) in [7, 11) is 0. The Balaban J connectivity index is 2.06. The van der Waals surface area contributed by atoms with Gasteiger partial charge < -0.3 is 11.1 Å². The van der Waals surface area contributed by atoms with Crippen LogP contribution in [0, 0.1) is 18.7 Å². The maximum absolute atomic E-state index is 13.2. The predicted octanol–water partition coefficient (Wildman–Crippen LogP) is 2.59. The number of benzene rings is 1. The molecule has 0 radical (unpaired) electrons. The van der Waals surface area contributed by atoms with Gasteiger partial charge in [-0.15, -0.1) is 0 Å². The van der Waals surface area contributed by atoms with Crippen molar-refractivity contribution >= 4 is 11.6 Å². The first-order chi connectivity index (χ1) is 8.56. The summed E-state index contributed by atoms with van der Waals surface area (Å²) in [5.41, 5.74) is 7.26. The lowest BCUT2D eigenvalue weighted by atomic mass is 9.84. The van der Waals surface area contributed by atoms with Gasteiger partial charge in [-0.05, 0) is 43.5 Å². The van der Waals surface area contributed by atoms with E-state index < -0.39 is 0 Å². The number of rotatable bonds is 2. The Morgan fingerprint density at radius 1 is 1.33 bits per heavy atom. The molecule has 0 aromatic heterocycles. The number of carbonyl (C=O) groups is 1. The molecule has 0 spiro atoms. The monoisotopic (exact) mass is 250 g/mol. The van der Waals surface area contributed by atoms with Gasteiger partial charge in [-0.2, -0.15) is 0 Å². The molecule has 4 heteroatoms. The molecule has 1 aliphatic rings. The van der Waals surface area contributed by atoms with Gasteiger partial charge in [0.2, 0.25) is 5.91 Å². The average Bonchev–Trinajstić information content (AvgIpc) is 2.27. The van der Waals surface area contributed by atoms with Gasteiger partial charge in [0.15, 0.2) is 0 Å². The van der Waals surface area contributed by atoms with Crippen LogP contribution in [0.2, 0.25) is 0 Å². The van der Waals surface area contributed by atoms with E-state index in [1.165, 1.54) is 12.1 Å². The molecule has 98 valence electrons. The standard InChI is InChI=1S/C14H19FN2O/c1-9-6-10(15)8-11(7-9)17-14(18)12-4-2-3-5-13(12)16/h6-8,12-13H,2-5,16H2,1H3,(H,17,18). The number of hydrogen-bond acceptors (Lipinski definition) is 2. The van der Waals surface area contributed by atoms with Gasteiger partial charge in [0.05, 0.1) is 5.92 Å². The third kappa shape index (κ3) is 3.07. The zero-order chi connectivity index (χ0) is 13.1. The van der Waals surface area contributed by atoms with Crippen molar-refractivity contribution in [2.75, 3.05) is 5.32 Å². The smallest absolute Gasteiger partial charge is 0.229 e. The van der Waals surface area contributed by atoms with Crippen LogP contribution >= 0.6 is 0 Å². The molecular weight excluding hydrogens is 231 g/mol. The molecule has 1 amide bonds. The van der Waals surface area contributed by atoms with Gasteiger partial charge in [-0.1, -0.05) is 12.8 Å². The largest absolute Gasteiger partial charge is 0.327 e. The van der Waals surface area contributed by atoms with Crippen LogP contribution in [-0.4, -0.2) is 11.9 Å². The minimum Gasteiger partial charge on any atom is -0.327 e. The predicted molar refractivity (Wildman–Crippen MR) is 69.7 cm³/mol. The van der Waals surface area contributed by atoms with Crippen molar-refractivity contribution < 1.29 is 9.18 Å². The summed E-state index contributed by atoms with van der Waals surface area (Å²) in [6.07, 6.45) is 3.83. The van der Waals surface area contributed by atoms with Crippen molar-refractivity contribution in [3.05, 3.63) is 29.6 Å². The van der Waals surface area contributed by atoms with Crippen LogP contribution in [0.5, 0.6) is 0 Å². The van der Waals surface area contributed by atoms with E-state index in [1.54, 1.807) is 13.0 Å². The van der Waals surface area contributed by atoms with Crippen LogP contribution in [0.4, 0.5) is 10.1 Å². The quantitative estimate of drug-likeness (QED) is 0.847. The number of halogens is 1. The fraction of sp³-hybridized carbons (Fsp3) is 0.500. The molecule has 0 bridgehead atoms. The summed E-state index contributed by atoms with van der Waals surface area (Å²) in [4.78, 5) is 12.1. The van der Waals surface area contributed by atoms with Crippen LogP contribution in [0.25, 0.3) is 0 Å². The van der Waals surface area contributed by atoms with Gasteiger partial charge in [0, 0.05) is 11.7 Å². The van der Waals surface area contributed by atoms with Crippen LogP contribution in [-0.2, 0) is 4.79 Å². The Morgan fingerprint density at radius 2 is 2.06 bits per heavy atom. The zero-order valence-corrected chi connectivity index (χ0v) is 10.6. The Morgan fingerprint density at radius 3 is 2.72 bits per heavy atom. The highest BCUT2D eigenvalue weighted by Crippen LogP contribution is 2.24. The molecule has 2 rings (SSSR count). The van der Waals surface area contributed by atoms with Crippen molar-refractivity contribution in [3.63, 3.8) is 0 Å². The topological polar surface area (TPSA) is 55.1 Å². The molecule has 1 saturated carbocycles. The molecule has 0 heterocycles. The van der Waals surface area contributed by atoms with Gasteiger partial charge in [0.1, 0.15) is 5.82 Å². The van der Waals surface area contributed by atoms with Crippen molar-refractivity contribution in [2.45, 2.75) is 38.6 Å². The SMILES string of the molecule is Cc1cc(F)cc(NC(=O)C2CCCCC2N)c1. The number of anilines is 1. The number of carbonyl (C=O) groups excluding carboxylic acids is 1. The third-order valence-corrected chi connectivity index (χ3v) is 3.47. The van der Waals surface area contributed by atoms with Crippen molar-refractivity contribution in [1.29, 1.82) is 0 Å². The molecule has 3 N–H and O–H groups in total. The van der Waals surface area contributed by atoms with Gasteiger partial charge >= 0.3 is 0 Å². The second-order valence-electron chi connectivity index (χ2n) is 5.06. The van der Waals surface area contributed by atoms with Crippen LogP contribution in [0.15, 0.2) is 18.2 Å². The minimum absolute atomic E-state index is 0.0755. The molecule has 1 aromatic carbocycles. The normalized spacial score (nSPS) is 23.7. The number of amides is 1. The fourth-order valence-electron chi connectivity index (χ4n) is 2.53. The molecule has 2 unspecified atom stereocenters. The molecule has 0 saturated heterocycles. The summed E-state index contributed by atoms with van der Waals surface area (Å²) in [6.45, 7) is 1.80. The van der Waals surface area contributed by atoms with Crippen molar-refractivity contribution in [1.82, 2.24) is 0 Å². The van der Waals surface area contributed by atoms with Crippen LogP contribution < -0.4 is 11.1 Å². The van der Waals surface area contributed by atoms with E-state index in [0.717, 1.165) is 31.2 Å². The second-order valence-corrected chi connectivity index (χ2v) is 5.06. The molecular formula is C14H19FN2O. The lowest BCUT2D eigenvalue weighted by molar-refractivity contribution is -0.121. The third-order valence-electron chi connectivity index (χ3n) is 3.47. The highest BCUT2D eigenvalue weighted by Gasteiger charge is 2.28. The number of hydrogen-bond donors (Lipinski definition) is 2. The Hall–Kier alpha value is -1.42. The van der Waals surface area contributed by atoms with Crippen molar-refractivity contribution in [3.8, 4) is 0 Å². The Labute approximate surface area is 107 Å². The molecule has 0 aliphatic heterocycles. The molecule has 3 nitrogen and oxygen atoms in total. The second kappa shape index (κ2) is 5.48. The summed E-state index contributed by atoms with van der Waals surface area (Å²) < 4.78 is 13.2. The van der Waals surface area contributed by atoms with E-state index in [0.29, 0.717) is 5.69 Å². The van der Waals surface area contributed by atoms with Crippen LogP contribution in [0.1, 0.15) is 31.2 Å². The van der Waals surface area contributed by atoms with E-state index >= 15 is 0 Å². The molecule has 1 fully saturated rings. The Kier molecular flexibility index (Phi) is 3.97. The fourth-order valence-corrected chi connectivity index (χ4v) is 2.53. The van der Waals surface area contributed by atoms with E-state index in [2.05, 4.69) is 5.32 Å². The highest BCUT2D eigenvalue weighted by molar-refractivity contribution is 5.93. The molecule has 2 atom stereocenters. The van der Waals surface area contributed by atoms with Crippen molar-refractivity contribution in [2.24, 2.45) is 11.7 Å². The van der Waals surface area contributed by atoms with E-state index in [4.69, 9.17) is 5.73 Å². The summed E-state index contributed by atoms with van der Waals surface area (Å²) in [5.74, 6) is -0.576. The summed E-state index contributed by atoms with van der Waals surface area (Å²) in [5, 5.41) is 2.76. The average molecular weight is 250 g/mol. The van der Waals surface area contributed by atoms with Gasteiger partial charge in [-0.3, -0.25) is 4.79 Å². The van der Waals surface area contributed by atoms with Crippen LogP contribution in [0.3, 0.4) is 0 Å². The number of nitrogens with two attached hydrogens (primary N) is 1. The number of nitrogens with one attached hydrogen (secondary N) is 1. The molecule has 18 heavy (non-hydrogen) atoms. The van der Waals surface area contributed by atoms with E-state index in [1.807, 2.05) is 0 Å². The minimum atomic E-state index is -0.335. The number of aryl methyl sites for hydroxylation is 1. The highest BCUT2D eigenvalue weighted by atomic mass is 19.1. The maximum atomic E-state index is 13.2. The lowest BCUT2D eigenvalue weighted by Gasteiger charge is -2.27. The zero-order valence-electron chi connectivity index (χ0n) is 10.6. The first-order valence-corrected chi connectivity index (χ1v) is 6.40. The first kappa shape index (κ1) is 13.0. The summed E-state index contributed by atoms with van der Waals surface area (Å²) in [6, 6.07) is 4.45. The first-order valence-electron chi connectivity index (χ1n) is 6.40. The van der Waals surface area contributed by atoms with E-state index in [-0.39, 0.29) is 23.7 Å². The van der Waals surface area contributed by atoms with Gasteiger partial charge in [0.25, 0.3) is 0 Å². The maximum Gasteiger partial charge on any atom is 0.229 e. The van der Waals surface area contributed by atoms with Gasteiger partial charge in [-0.25, -0.2) is 4.39 Å². The summed E-state index contributed by atoms with van der Waals surface area (Å²) >= 11 is 0. The molecule has 1 aliphatic carbocycles.